The summed E-state index contributed by atoms with van der Waals surface area (Å²) in [7, 11) is 0. The van der Waals surface area contributed by atoms with Crippen LogP contribution in [-0.2, 0) is 5.41 Å². The van der Waals surface area contributed by atoms with Crippen molar-refractivity contribution in [2.75, 3.05) is 0 Å². The number of hydrogen-bond donors (Lipinski definition) is 0. The van der Waals surface area contributed by atoms with E-state index < -0.39 is 5.41 Å². The van der Waals surface area contributed by atoms with Crippen molar-refractivity contribution in [2.24, 2.45) is 0 Å². The van der Waals surface area contributed by atoms with E-state index in [2.05, 4.69) is 31.2 Å². The van der Waals surface area contributed by atoms with E-state index in [1.165, 1.54) is 0 Å². The SMILES string of the molecule is CCC12C(C(=O)c3ccccc3)=C(C(=O)c3ccccc3)C(c3ccccc31)c1ccccc12. The van der Waals surface area contributed by atoms with Gasteiger partial charge in [0.1, 0.15) is 0 Å². The van der Waals surface area contributed by atoms with Crippen molar-refractivity contribution < 1.29 is 9.59 Å². The van der Waals surface area contributed by atoms with Crippen LogP contribution < -0.4 is 0 Å². The Hall–Kier alpha value is -4.04. The van der Waals surface area contributed by atoms with Crippen LogP contribution in [0.2, 0.25) is 0 Å². The predicted molar refractivity (Wildman–Crippen MR) is 134 cm³/mol. The molecular formula is C32H24O2. The Labute approximate surface area is 199 Å². The zero-order valence-electron chi connectivity index (χ0n) is 19.0. The Morgan fingerprint density at radius 2 is 1.06 bits per heavy atom. The quantitative estimate of drug-likeness (QED) is 0.316. The Balaban J connectivity index is 1.74. The van der Waals surface area contributed by atoms with Gasteiger partial charge in [0.15, 0.2) is 11.6 Å². The number of benzene rings is 4. The highest BCUT2D eigenvalue weighted by Gasteiger charge is 2.55. The van der Waals surface area contributed by atoms with Gasteiger partial charge in [-0.15, -0.1) is 0 Å². The number of Topliss-reactive ketones (excluding diaryl/α,β-unsaturated/α-hetero) is 2. The Kier molecular flexibility index (Phi) is 4.70. The van der Waals surface area contributed by atoms with Gasteiger partial charge in [-0.3, -0.25) is 9.59 Å². The van der Waals surface area contributed by atoms with E-state index in [-0.39, 0.29) is 17.5 Å². The average Bonchev–Trinajstić information content (AvgIpc) is 2.92. The largest absolute Gasteiger partial charge is 0.289 e. The van der Waals surface area contributed by atoms with E-state index in [1.807, 2.05) is 84.9 Å². The summed E-state index contributed by atoms with van der Waals surface area (Å²) in [6.45, 7) is 2.13. The van der Waals surface area contributed by atoms with Gasteiger partial charge in [0.25, 0.3) is 0 Å². The summed E-state index contributed by atoms with van der Waals surface area (Å²) < 4.78 is 0. The Morgan fingerprint density at radius 3 is 1.56 bits per heavy atom. The van der Waals surface area contributed by atoms with Gasteiger partial charge >= 0.3 is 0 Å². The first-order chi connectivity index (χ1) is 16.7. The van der Waals surface area contributed by atoms with Crippen LogP contribution >= 0.6 is 0 Å². The molecule has 0 aromatic heterocycles. The zero-order chi connectivity index (χ0) is 23.3. The number of allylic oxidation sites excluding steroid dienone is 2. The van der Waals surface area contributed by atoms with Gasteiger partial charge < -0.3 is 0 Å². The summed E-state index contributed by atoms with van der Waals surface area (Å²) in [6.07, 6.45) is 0.688. The van der Waals surface area contributed by atoms with Crippen LogP contribution in [0.3, 0.4) is 0 Å². The van der Waals surface area contributed by atoms with Gasteiger partial charge in [0.2, 0.25) is 0 Å². The van der Waals surface area contributed by atoms with Gasteiger partial charge in [0, 0.05) is 33.6 Å². The van der Waals surface area contributed by atoms with Crippen LogP contribution in [0.25, 0.3) is 0 Å². The number of hydrogen-bond acceptors (Lipinski definition) is 2. The zero-order valence-corrected chi connectivity index (χ0v) is 19.0. The van der Waals surface area contributed by atoms with E-state index in [4.69, 9.17) is 0 Å². The first-order valence-electron chi connectivity index (χ1n) is 11.8. The summed E-state index contributed by atoms with van der Waals surface area (Å²) in [5.41, 5.74) is 6.37. The third kappa shape index (κ3) is 2.69. The van der Waals surface area contributed by atoms with Crippen molar-refractivity contribution in [2.45, 2.75) is 24.7 Å². The van der Waals surface area contributed by atoms with Crippen LogP contribution in [0.4, 0.5) is 0 Å². The molecule has 2 heteroatoms. The van der Waals surface area contributed by atoms with Crippen LogP contribution in [0.1, 0.15) is 62.2 Å². The molecule has 0 amide bonds. The van der Waals surface area contributed by atoms with Crippen molar-refractivity contribution in [1.29, 1.82) is 0 Å². The molecule has 0 fully saturated rings. The summed E-state index contributed by atoms with van der Waals surface area (Å²) in [4.78, 5) is 28.5. The Morgan fingerprint density at radius 1 is 0.618 bits per heavy atom. The molecule has 2 bridgehead atoms. The fourth-order valence-electron chi connectivity index (χ4n) is 6.14. The summed E-state index contributed by atoms with van der Waals surface area (Å²) in [5, 5.41) is 0. The molecule has 4 aromatic rings. The molecule has 4 aromatic carbocycles. The van der Waals surface area contributed by atoms with Crippen LogP contribution in [0, 0.1) is 0 Å². The second kappa shape index (κ2) is 7.78. The second-order valence-electron chi connectivity index (χ2n) is 9.05. The summed E-state index contributed by atoms with van der Waals surface area (Å²) in [5.74, 6) is -0.390. The van der Waals surface area contributed by atoms with Gasteiger partial charge in [-0.25, -0.2) is 0 Å². The highest BCUT2D eigenvalue weighted by molar-refractivity contribution is 6.21. The van der Waals surface area contributed by atoms with Crippen LogP contribution in [-0.4, -0.2) is 11.6 Å². The predicted octanol–water partition coefficient (Wildman–Crippen LogP) is 6.90. The summed E-state index contributed by atoms with van der Waals surface area (Å²) >= 11 is 0. The van der Waals surface area contributed by atoms with Crippen LogP contribution in [0.15, 0.2) is 120 Å². The van der Waals surface area contributed by atoms with Gasteiger partial charge in [-0.2, -0.15) is 0 Å². The number of rotatable bonds is 5. The highest BCUT2D eigenvalue weighted by atomic mass is 16.1. The molecule has 164 valence electrons. The maximum atomic E-state index is 14.3. The highest BCUT2D eigenvalue weighted by Crippen LogP contribution is 2.61. The molecule has 0 unspecified atom stereocenters. The number of carbonyl (C=O) groups excluding carboxylic acids is 2. The molecule has 0 heterocycles. The van der Waals surface area contributed by atoms with E-state index in [0.29, 0.717) is 28.7 Å². The average molecular weight is 441 g/mol. The van der Waals surface area contributed by atoms with Crippen molar-refractivity contribution in [3.63, 3.8) is 0 Å². The third-order valence-corrected chi connectivity index (χ3v) is 7.52. The minimum atomic E-state index is -0.672. The van der Waals surface area contributed by atoms with E-state index in [0.717, 1.165) is 22.3 Å². The lowest BCUT2D eigenvalue weighted by Crippen LogP contribution is -2.46. The van der Waals surface area contributed by atoms with Gasteiger partial charge in [-0.1, -0.05) is 116 Å². The maximum absolute atomic E-state index is 14.3. The second-order valence-corrected chi connectivity index (χ2v) is 9.05. The van der Waals surface area contributed by atoms with Gasteiger partial charge in [0.05, 0.1) is 0 Å². The third-order valence-electron chi connectivity index (χ3n) is 7.52. The lowest BCUT2D eigenvalue weighted by atomic mass is 9.50. The first-order valence-corrected chi connectivity index (χ1v) is 11.8. The molecule has 0 atom stereocenters. The molecule has 0 saturated heterocycles. The molecule has 34 heavy (non-hydrogen) atoms. The molecule has 0 aliphatic heterocycles. The molecule has 0 saturated carbocycles. The molecular weight excluding hydrogens is 416 g/mol. The van der Waals surface area contributed by atoms with E-state index in [9.17, 15) is 9.59 Å². The minimum absolute atomic E-state index is 0.0595. The van der Waals surface area contributed by atoms with Gasteiger partial charge in [-0.05, 0) is 28.7 Å². The minimum Gasteiger partial charge on any atom is -0.289 e. The number of carbonyl (C=O) groups is 2. The molecule has 0 spiro atoms. The lowest BCUT2D eigenvalue weighted by Gasteiger charge is -2.51. The first kappa shape index (κ1) is 20.6. The molecule has 3 aliphatic carbocycles. The Bertz CT molecular complexity index is 1410. The number of ketones is 2. The monoisotopic (exact) mass is 440 g/mol. The fraction of sp³-hybridized carbons (Fsp3) is 0.125. The standard InChI is InChI=1S/C32H24O2/c1-2-32-25-19-11-9-17-23(25)27(24-18-10-12-20-26(24)32)28(30(33)21-13-5-3-6-14-21)29(32)31(34)22-15-7-4-8-16-22/h3-20,27H,2H2,1H3. The van der Waals surface area contributed by atoms with E-state index in [1.54, 1.807) is 0 Å². The molecule has 0 N–H and O–H groups in total. The normalized spacial score (nSPS) is 20.0. The van der Waals surface area contributed by atoms with Crippen molar-refractivity contribution in [3.8, 4) is 0 Å². The lowest BCUT2D eigenvalue weighted by molar-refractivity contribution is 0.0978. The molecule has 7 rings (SSSR count). The van der Waals surface area contributed by atoms with Crippen LogP contribution in [0.5, 0.6) is 0 Å². The molecule has 3 aliphatic rings. The van der Waals surface area contributed by atoms with E-state index >= 15 is 0 Å². The van der Waals surface area contributed by atoms with Crippen molar-refractivity contribution >= 4 is 11.6 Å². The molecule has 0 radical (unpaired) electrons. The smallest absolute Gasteiger partial charge is 0.190 e. The maximum Gasteiger partial charge on any atom is 0.190 e. The fourth-order valence-corrected chi connectivity index (χ4v) is 6.14. The molecule has 2 nitrogen and oxygen atoms in total. The topological polar surface area (TPSA) is 34.1 Å². The van der Waals surface area contributed by atoms with Crippen molar-refractivity contribution in [1.82, 2.24) is 0 Å². The summed E-state index contributed by atoms with van der Waals surface area (Å²) in [6, 6.07) is 35.4. The van der Waals surface area contributed by atoms with Crippen molar-refractivity contribution in [3.05, 3.63) is 154 Å².